The topological polar surface area (TPSA) is 21.3 Å². The molecule has 0 fully saturated rings. The Morgan fingerprint density at radius 1 is 1.46 bits per heavy atom. The number of terminal acetylenes is 1. The van der Waals surface area contributed by atoms with Crippen LogP contribution in [0, 0.1) is 12.3 Å². The lowest BCUT2D eigenvalue weighted by Crippen LogP contribution is -2.29. The molecule has 0 amide bonds. The summed E-state index contributed by atoms with van der Waals surface area (Å²) in [7, 11) is 1.74. The zero-order valence-corrected chi connectivity index (χ0v) is 8.81. The summed E-state index contributed by atoms with van der Waals surface area (Å²) in [5.41, 5.74) is 0. The smallest absolute Gasteiger partial charge is 0.0477 e. The van der Waals surface area contributed by atoms with Crippen LogP contribution in [0.1, 0.15) is 32.6 Å². The van der Waals surface area contributed by atoms with Gasteiger partial charge in [0, 0.05) is 26.2 Å². The van der Waals surface area contributed by atoms with Crippen LogP contribution < -0.4 is 5.32 Å². The van der Waals surface area contributed by atoms with Crippen molar-refractivity contribution in [1.82, 2.24) is 5.32 Å². The van der Waals surface area contributed by atoms with Gasteiger partial charge in [0.05, 0.1) is 0 Å². The van der Waals surface area contributed by atoms with Crippen molar-refractivity contribution in [2.75, 3.05) is 20.3 Å². The summed E-state index contributed by atoms with van der Waals surface area (Å²) < 4.78 is 5.04. The first-order chi connectivity index (χ1) is 6.35. The van der Waals surface area contributed by atoms with E-state index >= 15 is 0 Å². The van der Waals surface area contributed by atoms with Crippen molar-refractivity contribution in [3.05, 3.63) is 0 Å². The molecule has 1 N–H and O–H groups in total. The van der Waals surface area contributed by atoms with E-state index in [1.54, 1.807) is 7.11 Å². The summed E-state index contributed by atoms with van der Waals surface area (Å²) in [5.74, 6) is 2.66. The van der Waals surface area contributed by atoms with Crippen LogP contribution >= 0.6 is 0 Å². The third kappa shape index (κ3) is 7.83. The van der Waals surface area contributed by atoms with Gasteiger partial charge in [-0.2, -0.15) is 0 Å². The van der Waals surface area contributed by atoms with E-state index in [-0.39, 0.29) is 0 Å². The Labute approximate surface area is 82.1 Å². The van der Waals surface area contributed by atoms with Gasteiger partial charge in [0.2, 0.25) is 0 Å². The van der Waals surface area contributed by atoms with Crippen molar-refractivity contribution in [3.63, 3.8) is 0 Å². The Bertz CT molecular complexity index is 140. The Morgan fingerprint density at radius 2 is 2.23 bits per heavy atom. The molecule has 1 atom stereocenters. The van der Waals surface area contributed by atoms with Gasteiger partial charge in [0.15, 0.2) is 0 Å². The number of nitrogens with one attached hydrogen (secondary N) is 1. The molecule has 0 rings (SSSR count). The second-order valence-electron chi connectivity index (χ2n) is 3.13. The second kappa shape index (κ2) is 9.57. The molecule has 0 spiro atoms. The first-order valence-corrected chi connectivity index (χ1v) is 5.00. The quantitative estimate of drug-likeness (QED) is 0.458. The van der Waals surface area contributed by atoms with Gasteiger partial charge in [-0.1, -0.05) is 6.92 Å². The van der Waals surface area contributed by atoms with Gasteiger partial charge < -0.3 is 10.1 Å². The fraction of sp³-hybridized carbons (Fsp3) is 0.818. The first-order valence-electron chi connectivity index (χ1n) is 5.00. The van der Waals surface area contributed by atoms with Gasteiger partial charge in [0.25, 0.3) is 0 Å². The van der Waals surface area contributed by atoms with Crippen LogP contribution in [0.2, 0.25) is 0 Å². The average molecular weight is 183 g/mol. The SMILES string of the molecule is C#CCCCC(CCOC)NCC. The van der Waals surface area contributed by atoms with Crippen LogP contribution in [0.25, 0.3) is 0 Å². The monoisotopic (exact) mass is 183 g/mol. The zero-order chi connectivity index (χ0) is 9.94. The highest BCUT2D eigenvalue weighted by molar-refractivity contribution is 4.83. The van der Waals surface area contributed by atoms with Gasteiger partial charge in [0.1, 0.15) is 0 Å². The molecule has 0 aliphatic heterocycles. The summed E-state index contributed by atoms with van der Waals surface area (Å²) in [5, 5.41) is 3.43. The van der Waals surface area contributed by atoms with E-state index in [4.69, 9.17) is 11.2 Å². The molecule has 0 saturated heterocycles. The zero-order valence-electron chi connectivity index (χ0n) is 8.81. The van der Waals surface area contributed by atoms with Gasteiger partial charge in [-0.25, -0.2) is 0 Å². The molecule has 13 heavy (non-hydrogen) atoms. The molecule has 0 radical (unpaired) electrons. The van der Waals surface area contributed by atoms with E-state index in [1.165, 1.54) is 0 Å². The lowest BCUT2D eigenvalue weighted by Gasteiger charge is -2.16. The minimum Gasteiger partial charge on any atom is -0.385 e. The van der Waals surface area contributed by atoms with Gasteiger partial charge in [-0.15, -0.1) is 12.3 Å². The number of ether oxygens (including phenoxy) is 1. The molecule has 0 bridgehead atoms. The molecule has 0 heterocycles. The van der Waals surface area contributed by atoms with E-state index in [0.29, 0.717) is 6.04 Å². The standard InChI is InChI=1S/C11H21NO/c1-4-6-7-8-11(12-5-2)9-10-13-3/h1,11-12H,5-10H2,2-3H3. The highest BCUT2D eigenvalue weighted by Crippen LogP contribution is 2.04. The van der Waals surface area contributed by atoms with Crippen molar-refractivity contribution in [2.24, 2.45) is 0 Å². The molecule has 0 aromatic rings. The fourth-order valence-electron chi connectivity index (χ4n) is 1.35. The second-order valence-corrected chi connectivity index (χ2v) is 3.13. The summed E-state index contributed by atoms with van der Waals surface area (Å²) in [6.45, 7) is 3.97. The molecule has 0 aromatic heterocycles. The van der Waals surface area contributed by atoms with Gasteiger partial charge >= 0.3 is 0 Å². The number of rotatable bonds is 8. The van der Waals surface area contributed by atoms with Crippen molar-refractivity contribution in [1.29, 1.82) is 0 Å². The molecule has 2 heteroatoms. The molecule has 0 aliphatic carbocycles. The molecular weight excluding hydrogens is 162 g/mol. The minimum absolute atomic E-state index is 0.568. The minimum atomic E-state index is 0.568. The molecule has 0 saturated carbocycles. The van der Waals surface area contributed by atoms with Crippen molar-refractivity contribution < 1.29 is 4.74 Å². The lowest BCUT2D eigenvalue weighted by atomic mass is 10.1. The maximum absolute atomic E-state index is 5.19. The van der Waals surface area contributed by atoms with Crippen molar-refractivity contribution in [2.45, 2.75) is 38.6 Å². The predicted molar refractivity (Wildman–Crippen MR) is 56.6 cm³/mol. The number of unbranched alkanes of at least 4 members (excludes halogenated alkanes) is 1. The van der Waals surface area contributed by atoms with Crippen LogP contribution in [0.15, 0.2) is 0 Å². The fourth-order valence-corrected chi connectivity index (χ4v) is 1.35. The Balaban J connectivity index is 3.48. The lowest BCUT2D eigenvalue weighted by molar-refractivity contribution is 0.181. The molecule has 1 unspecified atom stereocenters. The first kappa shape index (κ1) is 12.5. The van der Waals surface area contributed by atoms with E-state index in [2.05, 4.69) is 18.2 Å². The predicted octanol–water partition coefficient (Wildman–Crippen LogP) is 1.80. The largest absolute Gasteiger partial charge is 0.385 e. The summed E-state index contributed by atoms with van der Waals surface area (Å²) in [6, 6.07) is 0.568. The third-order valence-electron chi connectivity index (χ3n) is 2.04. The Morgan fingerprint density at radius 3 is 2.77 bits per heavy atom. The van der Waals surface area contributed by atoms with Gasteiger partial charge in [-0.3, -0.25) is 0 Å². The summed E-state index contributed by atoms with van der Waals surface area (Å²) >= 11 is 0. The third-order valence-corrected chi connectivity index (χ3v) is 2.04. The number of hydrogen-bond donors (Lipinski definition) is 1. The van der Waals surface area contributed by atoms with E-state index in [0.717, 1.165) is 38.8 Å². The number of methoxy groups -OCH3 is 1. The Kier molecular flexibility index (Phi) is 9.18. The highest BCUT2D eigenvalue weighted by atomic mass is 16.5. The van der Waals surface area contributed by atoms with E-state index < -0.39 is 0 Å². The van der Waals surface area contributed by atoms with Crippen LogP contribution in [-0.4, -0.2) is 26.3 Å². The van der Waals surface area contributed by atoms with Crippen molar-refractivity contribution in [3.8, 4) is 12.3 Å². The average Bonchev–Trinajstić information content (AvgIpc) is 2.14. The molecule has 76 valence electrons. The normalized spacial score (nSPS) is 12.4. The highest BCUT2D eigenvalue weighted by Gasteiger charge is 2.05. The van der Waals surface area contributed by atoms with Crippen molar-refractivity contribution >= 4 is 0 Å². The molecular formula is C11H21NO. The summed E-state index contributed by atoms with van der Waals surface area (Å²) in [4.78, 5) is 0. The van der Waals surface area contributed by atoms with Crippen LogP contribution in [-0.2, 0) is 4.74 Å². The van der Waals surface area contributed by atoms with Gasteiger partial charge in [-0.05, 0) is 25.8 Å². The van der Waals surface area contributed by atoms with E-state index in [1.807, 2.05) is 0 Å². The van der Waals surface area contributed by atoms with Crippen LogP contribution in [0.3, 0.4) is 0 Å². The maximum Gasteiger partial charge on any atom is 0.0477 e. The molecule has 2 nitrogen and oxygen atoms in total. The maximum atomic E-state index is 5.19. The summed E-state index contributed by atoms with van der Waals surface area (Å²) in [6.07, 6.45) is 9.42. The van der Waals surface area contributed by atoms with Crippen LogP contribution in [0.5, 0.6) is 0 Å². The molecule has 0 aromatic carbocycles. The Hall–Kier alpha value is -0.520. The molecule has 0 aliphatic rings. The van der Waals surface area contributed by atoms with Crippen LogP contribution in [0.4, 0.5) is 0 Å². The van der Waals surface area contributed by atoms with E-state index in [9.17, 15) is 0 Å². The number of hydrogen-bond acceptors (Lipinski definition) is 2.